The zero-order valence-corrected chi connectivity index (χ0v) is 17.3. The van der Waals surface area contributed by atoms with Crippen molar-refractivity contribution in [2.24, 2.45) is 0 Å². The molecule has 0 saturated carbocycles. The first-order chi connectivity index (χ1) is 13.8. The summed E-state index contributed by atoms with van der Waals surface area (Å²) >= 11 is 0. The van der Waals surface area contributed by atoms with Crippen LogP contribution in [0, 0.1) is 0 Å². The number of likely N-dealkylation sites (tertiary alicyclic amines) is 1. The number of benzene rings is 1. The van der Waals surface area contributed by atoms with E-state index in [4.69, 9.17) is 9.84 Å². The van der Waals surface area contributed by atoms with Gasteiger partial charge < -0.3 is 14.7 Å². The van der Waals surface area contributed by atoms with Crippen LogP contribution in [-0.2, 0) is 16.6 Å². The van der Waals surface area contributed by atoms with Crippen LogP contribution in [0.3, 0.4) is 0 Å². The second kappa shape index (κ2) is 8.79. The van der Waals surface area contributed by atoms with Crippen molar-refractivity contribution in [3.63, 3.8) is 0 Å². The molecule has 1 aromatic carbocycles. The van der Waals surface area contributed by atoms with Crippen molar-refractivity contribution in [2.75, 3.05) is 27.2 Å². The van der Waals surface area contributed by atoms with Crippen LogP contribution in [0.5, 0.6) is 5.75 Å². The number of pyridine rings is 1. The van der Waals surface area contributed by atoms with Crippen LogP contribution in [-0.4, -0.2) is 61.0 Å². The standard InChI is InChI=1S/C20H25N3O5S/c1-22(2)29(26,27)19-7-5-18(6-8-19)28-14-17-4-3-16(13-21-17)15-9-11-23(12-10-15)20(24)25/h3-8,13,15H,9-12,14H2,1-2H3,(H,24,25). The average molecular weight is 420 g/mol. The predicted molar refractivity (Wildman–Crippen MR) is 107 cm³/mol. The quantitative estimate of drug-likeness (QED) is 0.773. The third-order valence-corrected chi connectivity index (χ3v) is 6.90. The summed E-state index contributed by atoms with van der Waals surface area (Å²) in [6, 6.07) is 10.2. The number of carboxylic acid groups (broad SMARTS) is 1. The van der Waals surface area contributed by atoms with Gasteiger partial charge in [0.2, 0.25) is 10.0 Å². The molecule has 1 aliphatic rings. The molecule has 9 heteroatoms. The Labute approximate surface area is 170 Å². The van der Waals surface area contributed by atoms with Crippen LogP contribution < -0.4 is 4.74 Å². The molecule has 1 fully saturated rings. The molecular weight excluding hydrogens is 394 g/mol. The van der Waals surface area contributed by atoms with Crippen molar-refractivity contribution in [3.8, 4) is 5.75 Å². The van der Waals surface area contributed by atoms with Crippen molar-refractivity contribution in [1.29, 1.82) is 0 Å². The van der Waals surface area contributed by atoms with Gasteiger partial charge in [-0.2, -0.15) is 0 Å². The van der Waals surface area contributed by atoms with Crippen LogP contribution in [0.1, 0.15) is 30.0 Å². The Kier molecular flexibility index (Phi) is 6.39. The fourth-order valence-electron chi connectivity index (χ4n) is 3.24. The second-order valence-electron chi connectivity index (χ2n) is 7.17. The summed E-state index contributed by atoms with van der Waals surface area (Å²) in [4.78, 5) is 17.1. The molecule has 3 rings (SSSR count). The highest BCUT2D eigenvalue weighted by molar-refractivity contribution is 7.89. The average Bonchev–Trinajstić information content (AvgIpc) is 2.73. The van der Waals surface area contributed by atoms with Crippen molar-refractivity contribution in [1.82, 2.24) is 14.2 Å². The summed E-state index contributed by atoms with van der Waals surface area (Å²) in [6.45, 7) is 1.37. The molecule has 1 amide bonds. The van der Waals surface area contributed by atoms with E-state index in [2.05, 4.69) is 4.98 Å². The maximum absolute atomic E-state index is 12.1. The van der Waals surface area contributed by atoms with E-state index in [0.717, 1.165) is 24.1 Å². The Morgan fingerprint density at radius 3 is 2.34 bits per heavy atom. The Balaban J connectivity index is 1.55. The summed E-state index contributed by atoms with van der Waals surface area (Å²) in [5.41, 5.74) is 1.87. The number of ether oxygens (including phenoxy) is 1. The highest BCUT2D eigenvalue weighted by atomic mass is 32.2. The fourth-order valence-corrected chi connectivity index (χ4v) is 4.14. The van der Waals surface area contributed by atoms with Gasteiger partial charge in [-0.15, -0.1) is 0 Å². The summed E-state index contributed by atoms with van der Waals surface area (Å²) in [5.74, 6) is 0.883. The predicted octanol–water partition coefficient (Wildman–Crippen LogP) is 2.77. The molecule has 1 N–H and O–H groups in total. The number of hydrogen-bond donors (Lipinski definition) is 1. The van der Waals surface area contributed by atoms with E-state index in [0.29, 0.717) is 24.8 Å². The lowest BCUT2D eigenvalue weighted by Gasteiger charge is -2.30. The van der Waals surface area contributed by atoms with Gasteiger partial charge in [-0.1, -0.05) is 6.07 Å². The first kappa shape index (κ1) is 21.1. The lowest BCUT2D eigenvalue weighted by atomic mass is 9.90. The summed E-state index contributed by atoms with van der Waals surface area (Å²) in [6.07, 6.45) is 2.56. The van der Waals surface area contributed by atoms with E-state index >= 15 is 0 Å². The molecule has 1 aliphatic heterocycles. The van der Waals surface area contributed by atoms with Gasteiger partial charge in [0.25, 0.3) is 0 Å². The van der Waals surface area contributed by atoms with Gasteiger partial charge in [-0.25, -0.2) is 17.5 Å². The first-order valence-electron chi connectivity index (χ1n) is 9.35. The number of sulfonamides is 1. The Bertz CT molecular complexity index is 935. The minimum Gasteiger partial charge on any atom is -0.487 e. The van der Waals surface area contributed by atoms with Gasteiger partial charge in [0, 0.05) is 33.4 Å². The van der Waals surface area contributed by atoms with Crippen molar-refractivity contribution in [2.45, 2.75) is 30.3 Å². The van der Waals surface area contributed by atoms with Gasteiger partial charge in [0.05, 0.1) is 10.6 Å². The van der Waals surface area contributed by atoms with Crippen molar-refractivity contribution >= 4 is 16.1 Å². The molecule has 1 saturated heterocycles. The van der Waals surface area contributed by atoms with Gasteiger partial charge in [-0.05, 0) is 54.7 Å². The maximum atomic E-state index is 12.1. The van der Waals surface area contributed by atoms with Gasteiger partial charge in [0.15, 0.2) is 0 Å². The molecule has 0 radical (unpaired) electrons. The maximum Gasteiger partial charge on any atom is 0.407 e. The highest BCUT2D eigenvalue weighted by Gasteiger charge is 2.23. The molecule has 2 aromatic rings. The van der Waals surface area contributed by atoms with Crippen molar-refractivity contribution < 1.29 is 23.1 Å². The zero-order chi connectivity index (χ0) is 21.0. The zero-order valence-electron chi connectivity index (χ0n) is 16.5. The van der Waals surface area contributed by atoms with E-state index in [9.17, 15) is 13.2 Å². The molecule has 0 bridgehead atoms. The second-order valence-corrected chi connectivity index (χ2v) is 9.33. The molecule has 156 valence electrons. The lowest BCUT2D eigenvalue weighted by Crippen LogP contribution is -2.36. The normalized spacial score (nSPS) is 15.5. The minimum absolute atomic E-state index is 0.214. The number of piperidine rings is 1. The third kappa shape index (κ3) is 5.04. The van der Waals surface area contributed by atoms with E-state index in [1.165, 1.54) is 35.4 Å². The number of aromatic nitrogens is 1. The minimum atomic E-state index is -3.45. The number of carbonyl (C=O) groups is 1. The summed E-state index contributed by atoms with van der Waals surface area (Å²) in [7, 11) is -0.473. The molecule has 0 atom stereocenters. The first-order valence-corrected chi connectivity index (χ1v) is 10.8. The monoisotopic (exact) mass is 419 g/mol. The molecule has 1 aromatic heterocycles. The molecule has 0 unspecified atom stereocenters. The number of amides is 1. The molecule has 29 heavy (non-hydrogen) atoms. The number of rotatable bonds is 6. The Morgan fingerprint density at radius 2 is 1.83 bits per heavy atom. The molecule has 0 spiro atoms. The van der Waals surface area contributed by atoms with Gasteiger partial charge in [-0.3, -0.25) is 4.98 Å². The van der Waals surface area contributed by atoms with E-state index in [-0.39, 0.29) is 11.5 Å². The Morgan fingerprint density at radius 1 is 1.17 bits per heavy atom. The number of hydrogen-bond acceptors (Lipinski definition) is 5. The SMILES string of the molecule is CN(C)S(=O)(=O)c1ccc(OCc2ccc(C3CCN(C(=O)O)CC3)cn2)cc1. The molecular formula is C20H25N3O5S. The van der Waals surface area contributed by atoms with Crippen molar-refractivity contribution in [3.05, 3.63) is 53.9 Å². The highest BCUT2D eigenvalue weighted by Crippen LogP contribution is 2.27. The van der Waals surface area contributed by atoms with Crippen LogP contribution >= 0.6 is 0 Å². The summed E-state index contributed by atoms with van der Waals surface area (Å²) in [5, 5.41) is 9.03. The smallest absolute Gasteiger partial charge is 0.407 e. The van der Waals surface area contributed by atoms with Crippen LogP contribution in [0.4, 0.5) is 4.79 Å². The number of nitrogens with zero attached hydrogens (tertiary/aromatic N) is 3. The molecule has 8 nitrogen and oxygen atoms in total. The lowest BCUT2D eigenvalue weighted by molar-refractivity contribution is 0.132. The van der Waals surface area contributed by atoms with Gasteiger partial charge >= 0.3 is 6.09 Å². The van der Waals surface area contributed by atoms with E-state index in [1.54, 1.807) is 12.1 Å². The van der Waals surface area contributed by atoms with E-state index < -0.39 is 16.1 Å². The van der Waals surface area contributed by atoms with Crippen LogP contribution in [0.2, 0.25) is 0 Å². The van der Waals surface area contributed by atoms with Crippen LogP contribution in [0.15, 0.2) is 47.5 Å². The molecule has 2 heterocycles. The molecule has 0 aliphatic carbocycles. The summed E-state index contributed by atoms with van der Waals surface area (Å²) < 4.78 is 31.0. The van der Waals surface area contributed by atoms with Crippen LogP contribution in [0.25, 0.3) is 0 Å². The Hall–Kier alpha value is -2.65. The largest absolute Gasteiger partial charge is 0.487 e. The topological polar surface area (TPSA) is 100 Å². The third-order valence-electron chi connectivity index (χ3n) is 5.07. The van der Waals surface area contributed by atoms with Gasteiger partial charge in [0.1, 0.15) is 12.4 Å². The van der Waals surface area contributed by atoms with E-state index in [1.807, 2.05) is 18.3 Å². The fraction of sp³-hybridized carbons (Fsp3) is 0.400.